The van der Waals surface area contributed by atoms with Crippen LogP contribution in [0.2, 0.25) is 0 Å². The van der Waals surface area contributed by atoms with Crippen LogP contribution in [-0.4, -0.2) is 32.7 Å². The number of hydrogen-bond acceptors (Lipinski definition) is 5. The summed E-state index contributed by atoms with van der Waals surface area (Å²) in [5, 5.41) is 2.48. The van der Waals surface area contributed by atoms with Crippen LogP contribution in [-0.2, 0) is 14.3 Å². The van der Waals surface area contributed by atoms with E-state index in [1.807, 2.05) is 0 Å². The summed E-state index contributed by atoms with van der Waals surface area (Å²) < 4.78 is 42.0. The fraction of sp³-hybridized carbons (Fsp3) is 0.238. The highest BCUT2D eigenvalue weighted by atomic mass is 19.1. The van der Waals surface area contributed by atoms with Crippen LogP contribution in [0, 0.1) is 11.6 Å². The van der Waals surface area contributed by atoms with Crippen LogP contribution < -0.4 is 14.8 Å². The van der Waals surface area contributed by atoms with E-state index in [0.717, 1.165) is 18.2 Å². The highest BCUT2D eigenvalue weighted by molar-refractivity contribution is 5.90. The van der Waals surface area contributed by atoms with E-state index in [1.54, 1.807) is 18.2 Å². The molecule has 29 heavy (non-hydrogen) atoms. The molecule has 0 unspecified atom stereocenters. The molecular formula is C21H21F2NO5. The smallest absolute Gasteiger partial charge is 0.331 e. The van der Waals surface area contributed by atoms with E-state index >= 15 is 0 Å². The number of esters is 1. The van der Waals surface area contributed by atoms with Crippen LogP contribution in [0.5, 0.6) is 11.5 Å². The van der Waals surface area contributed by atoms with Gasteiger partial charge in [-0.3, -0.25) is 4.79 Å². The minimum Gasteiger partial charge on any atom is -0.493 e. The second-order valence-corrected chi connectivity index (χ2v) is 5.98. The van der Waals surface area contributed by atoms with Gasteiger partial charge in [0.25, 0.3) is 5.91 Å². The molecule has 154 valence electrons. The number of ether oxygens (including phenoxy) is 3. The van der Waals surface area contributed by atoms with Crippen molar-refractivity contribution in [1.29, 1.82) is 0 Å². The molecule has 2 aromatic carbocycles. The first-order chi connectivity index (χ1) is 13.8. The zero-order chi connectivity index (χ0) is 21.4. The summed E-state index contributed by atoms with van der Waals surface area (Å²) in [5.74, 6) is -1.90. The van der Waals surface area contributed by atoms with Crippen molar-refractivity contribution < 1.29 is 32.6 Å². The Morgan fingerprint density at radius 2 is 1.90 bits per heavy atom. The topological polar surface area (TPSA) is 73.9 Å². The molecule has 1 atom stereocenters. The highest BCUT2D eigenvalue weighted by Crippen LogP contribution is 2.31. The molecule has 0 aliphatic carbocycles. The van der Waals surface area contributed by atoms with Gasteiger partial charge in [-0.15, -0.1) is 0 Å². The van der Waals surface area contributed by atoms with E-state index in [2.05, 4.69) is 5.32 Å². The Hall–Kier alpha value is -3.42. The maximum absolute atomic E-state index is 13.7. The molecular weight excluding hydrogens is 384 g/mol. The van der Waals surface area contributed by atoms with Gasteiger partial charge in [-0.05, 0) is 25.1 Å². The number of hydrogen-bond donors (Lipinski definition) is 1. The molecule has 0 spiro atoms. The Labute approximate surface area is 167 Å². The molecule has 8 heteroatoms. The van der Waals surface area contributed by atoms with Crippen LogP contribution in [0.1, 0.15) is 24.1 Å². The summed E-state index contributed by atoms with van der Waals surface area (Å²) >= 11 is 0. The molecule has 0 aliphatic rings. The Balaban J connectivity index is 1.90. The van der Waals surface area contributed by atoms with E-state index in [-0.39, 0.29) is 5.56 Å². The number of carbonyl (C=O) groups excluding carboxylic acids is 2. The third-order valence-electron chi connectivity index (χ3n) is 3.98. The minimum atomic E-state index is -0.773. The number of benzene rings is 2. The summed E-state index contributed by atoms with van der Waals surface area (Å²) in [6.07, 6.45) is 2.62. The van der Waals surface area contributed by atoms with Crippen LogP contribution in [0.25, 0.3) is 6.08 Å². The number of amides is 1. The third-order valence-corrected chi connectivity index (χ3v) is 3.98. The first kappa shape index (κ1) is 21.9. The molecule has 0 fully saturated rings. The lowest BCUT2D eigenvalue weighted by molar-refractivity contribution is -0.144. The van der Waals surface area contributed by atoms with Crippen LogP contribution in [0.3, 0.4) is 0 Å². The van der Waals surface area contributed by atoms with Crippen molar-refractivity contribution in [3.8, 4) is 11.5 Å². The molecule has 0 heterocycles. The van der Waals surface area contributed by atoms with Gasteiger partial charge in [0.1, 0.15) is 11.6 Å². The molecule has 2 aromatic rings. The monoisotopic (exact) mass is 405 g/mol. The number of para-hydroxylation sites is 1. The van der Waals surface area contributed by atoms with Gasteiger partial charge in [-0.2, -0.15) is 0 Å². The van der Waals surface area contributed by atoms with E-state index in [9.17, 15) is 18.4 Å². The number of carbonyl (C=O) groups is 2. The first-order valence-electron chi connectivity index (χ1n) is 8.65. The Morgan fingerprint density at radius 3 is 2.55 bits per heavy atom. The largest absolute Gasteiger partial charge is 0.493 e. The summed E-state index contributed by atoms with van der Waals surface area (Å²) in [6.45, 7) is 0.983. The quantitative estimate of drug-likeness (QED) is 0.538. The van der Waals surface area contributed by atoms with Crippen molar-refractivity contribution in [2.24, 2.45) is 0 Å². The number of nitrogens with one attached hydrogen (secondary N) is 1. The fourth-order valence-electron chi connectivity index (χ4n) is 2.60. The SMILES string of the molecule is COc1cccc(/C=C/C(=O)OCC(=O)N[C@@H](C)c2ccc(F)cc2F)c1OC. The average Bonchev–Trinajstić information content (AvgIpc) is 2.69. The molecule has 0 bridgehead atoms. The summed E-state index contributed by atoms with van der Waals surface area (Å²) in [6, 6.07) is 7.51. The van der Waals surface area contributed by atoms with Crippen molar-refractivity contribution in [1.82, 2.24) is 5.32 Å². The van der Waals surface area contributed by atoms with Gasteiger partial charge in [0.2, 0.25) is 0 Å². The van der Waals surface area contributed by atoms with Gasteiger partial charge in [-0.1, -0.05) is 18.2 Å². The molecule has 2 rings (SSSR count). The Bertz CT molecular complexity index is 914. The van der Waals surface area contributed by atoms with Gasteiger partial charge in [0.15, 0.2) is 18.1 Å². The molecule has 1 amide bonds. The lowest BCUT2D eigenvalue weighted by atomic mass is 10.1. The molecule has 0 saturated carbocycles. The molecule has 0 saturated heterocycles. The molecule has 1 N–H and O–H groups in total. The normalized spacial score (nSPS) is 11.8. The standard InChI is InChI=1S/C21H21F2NO5/c1-13(16-9-8-15(22)11-17(16)23)24-19(25)12-29-20(26)10-7-14-5-4-6-18(27-2)21(14)28-3/h4-11,13H,12H2,1-3H3,(H,24,25)/b10-7+/t13-/m0/s1. The predicted octanol–water partition coefficient (Wildman–Crippen LogP) is 3.42. The fourth-order valence-corrected chi connectivity index (χ4v) is 2.60. The van der Waals surface area contributed by atoms with Crippen LogP contribution >= 0.6 is 0 Å². The first-order valence-corrected chi connectivity index (χ1v) is 8.65. The van der Waals surface area contributed by atoms with Crippen LogP contribution in [0.4, 0.5) is 8.78 Å². The number of halogens is 2. The predicted molar refractivity (Wildman–Crippen MR) is 102 cm³/mol. The molecule has 0 aromatic heterocycles. The van der Waals surface area contributed by atoms with E-state index < -0.39 is 36.2 Å². The van der Waals surface area contributed by atoms with E-state index in [4.69, 9.17) is 14.2 Å². The average molecular weight is 405 g/mol. The second kappa shape index (κ2) is 10.2. The molecule has 6 nitrogen and oxygen atoms in total. The molecule has 0 aliphatic heterocycles. The van der Waals surface area contributed by atoms with E-state index in [0.29, 0.717) is 17.1 Å². The maximum atomic E-state index is 13.7. The van der Waals surface area contributed by atoms with Gasteiger partial charge in [0, 0.05) is 23.3 Å². The Morgan fingerprint density at radius 1 is 1.14 bits per heavy atom. The minimum absolute atomic E-state index is 0.121. The lowest BCUT2D eigenvalue weighted by Gasteiger charge is -2.15. The van der Waals surface area contributed by atoms with Gasteiger partial charge >= 0.3 is 5.97 Å². The van der Waals surface area contributed by atoms with Crippen molar-refractivity contribution in [2.45, 2.75) is 13.0 Å². The number of methoxy groups -OCH3 is 2. The lowest BCUT2D eigenvalue weighted by Crippen LogP contribution is -2.31. The van der Waals surface area contributed by atoms with Crippen molar-refractivity contribution in [3.63, 3.8) is 0 Å². The van der Waals surface area contributed by atoms with Gasteiger partial charge in [0.05, 0.1) is 20.3 Å². The van der Waals surface area contributed by atoms with Crippen molar-refractivity contribution in [3.05, 3.63) is 65.2 Å². The summed E-state index contributed by atoms with van der Waals surface area (Å²) in [7, 11) is 2.97. The van der Waals surface area contributed by atoms with Crippen molar-refractivity contribution >= 4 is 18.0 Å². The summed E-state index contributed by atoms with van der Waals surface area (Å²) in [5.41, 5.74) is 0.713. The summed E-state index contributed by atoms with van der Waals surface area (Å²) in [4.78, 5) is 23.8. The zero-order valence-electron chi connectivity index (χ0n) is 16.2. The Kier molecular flexibility index (Phi) is 7.70. The zero-order valence-corrected chi connectivity index (χ0v) is 16.2. The van der Waals surface area contributed by atoms with Crippen LogP contribution in [0.15, 0.2) is 42.5 Å². The maximum Gasteiger partial charge on any atom is 0.331 e. The van der Waals surface area contributed by atoms with Crippen molar-refractivity contribution in [2.75, 3.05) is 20.8 Å². The second-order valence-electron chi connectivity index (χ2n) is 5.98. The molecule has 0 radical (unpaired) electrons. The number of rotatable bonds is 8. The van der Waals surface area contributed by atoms with Gasteiger partial charge in [-0.25, -0.2) is 13.6 Å². The highest BCUT2D eigenvalue weighted by Gasteiger charge is 2.15. The van der Waals surface area contributed by atoms with Gasteiger partial charge < -0.3 is 19.5 Å². The third kappa shape index (κ3) is 6.03. The van der Waals surface area contributed by atoms with E-state index in [1.165, 1.54) is 33.3 Å².